The third-order valence-corrected chi connectivity index (χ3v) is 6.36. The van der Waals surface area contributed by atoms with E-state index in [1.807, 2.05) is 42.5 Å². The van der Waals surface area contributed by atoms with E-state index in [0.717, 1.165) is 34.0 Å². The topological polar surface area (TPSA) is 84.3 Å². The number of ether oxygens (including phenoxy) is 1. The summed E-state index contributed by atoms with van der Waals surface area (Å²) in [4.78, 5) is 23.5. The molecule has 3 heterocycles. The van der Waals surface area contributed by atoms with Gasteiger partial charge in [-0.2, -0.15) is 18.3 Å². The highest BCUT2D eigenvalue weighted by Gasteiger charge is 2.39. The number of nitrogens with zero attached hydrogens (tertiary/aromatic N) is 6. The molecule has 38 heavy (non-hydrogen) atoms. The predicted octanol–water partition coefficient (Wildman–Crippen LogP) is 4.53. The quantitative estimate of drug-likeness (QED) is 0.342. The molecule has 0 spiro atoms. The number of esters is 1. The first-order valence-corrected chi connectivity index (χ1v) is 12.2. The number of rotatable bonds is 6. The monoisotopic (exact) mass is 522 g/mol. The number of carbonyl (C=O) groups excluding carboxylic acids is 1. The Labute approximate surface area is 217 Å². The van der Waals surface area contributed by atoms with E-state index in [2.05, 4.69) is 37.2 Å². The highest BCUT2D eigenvalue weighted by Crippen LogP contribution is 2.32. The second kappa shape index (κ2) is 10.6. The van der Waals surface area contributed by atoms with Crippen molar-refractivity contribution in [2.24, 2.45) is 0 Å². The SMILES string of the molecule is CCOC(=O)c1cnc(N2CCN(c3nnc(Cc4ccccc4)c4ccccc34)CC2)nc1C(F)(F)F. The summed E-state index contributed by atoms with van der Waals surface area (Å²) in [7, 11) is 0. The molecule has 8 nitrogen and oxygen atoms in total. The van der Waals surface area contributed by atoms with Gasteiger partial charge in [0.25, 0.3) is 0 Å². The van der Waals surface area contributed by atoms with Crippen LogP contribution in [0.5, 0.6) is 0 Å². The molecule has 4 aromatic rings. The van der Waals surface area contributed by atoms with Crippen LogP contribution in [0.2, 0.25) is 0 Å². The second-order valence-corrected chi connectivity index (χ2v) is 8.80. The van der Waals surface area contributed by atoms with Crippen molar-refractivity contribution in [2.75, 3.05) is 42.6 Å². The van der Waals surface area contributed by atoms with Crippen LogP contribution in [0.15, 0.2) is 60.8 Å². The Morgan fingerprint density at radius 1 is 0.921 bits per heavy atom. The van der Waals surface area contributed by atoms with Crippen molar-refractivity contribution in [3.63, 3.8) is 0 Å². The van der Waals surface area contributed by atoms with Crippen molar-refractivity contribution in [3.05, 3.63) is 83.3 Å². The minimum Gasteiger partial charge on any atom is -0.462 e. The lowest BCUT2D eigenvalue weighted by molar-refractivity contribution is -0.141. The Hall–Kier alpha value is -4.28. The third-order valence-electron chi connectivity index (χ3n) is 6.36. The van der Waals surface area contributed by atoms with E-state index in [1.54, 1.807) is 4.90 Å². The van der Waals surface area contributed by atoms with Gasteiger partial charge in [0.2, 0.25) is 5.95 Å². The number of hydrogen-bond donors (Lipinski definition) is 0. The van der Waals surface area contributed by atoms with Gasteiger partial charge in [0, 0.05) is 49.6 Å². The van der Waals surface area contributed by atoms with Crippen LogP contribution in [-0.4, -0.2) is 58.9 Å². The van der Waals surface area contributed by atoms with Gasteiger partial charge >= 0.3 is 12.1 Å². The molecule has 11 heteroatoms. The summed E-state index contributed by atoms with van der Waals surface area (Å²) in [6.07, 6.45) is -3.28. The van der Waals surface area contributed by atoms with Gasteiger partial charge in [-0.15, -0.1) is 5.10 Å². The molecule has 0 aliphatic carbocycles. The van der Waals surface area contributed by atoms with Crippen LogP contribution < -0.4 is 9.80 Å². The fourth-order valence-electron chi connectivity index (χ4n) is 4.52. The number of halogens is 3. The minimum absolute atomic E-state index is 0.0509. The van der Waals surface area contributed by atoms with Crippen LogP contribution in [0.3, 0.4) is 0 Å². The van der Waals surface area contributed by atoms with E-state index in [-0.39, 0.29) is 12.6 Å². The molecule has 1 aliphatic heterocycles. The smallest absolute Gasteiger partial charge is 0.434 e. The van der Waals surface area contributed by atoms with Gasteiger partial charge in [-0.3, -0.25) is 0 Å². The maximum Gasteiger partial charge on any atom is 0.434 e. The van der Waals surface area contributed by atoms with Crippen molar-refractivity contribution in [1.82, 2.24) is 20.2 Å². The summed E-state index contributed by atoms with van der Waals surface area (Å²) in [5.74, 6) is -0.455. The molecule has 1 fully saturated rings. The Bertz CT molecular complexity index is 1440. The van der Waals surface area contributed by atoms with Crippen molar-refractivity contribution in [1.29, 1.82) is 0 Å². The molecule has 2 aromatic carbocycles. The molecule has 0 unspecified atom stereocenters. The number of alkyl halides is 3. The number of carbonyl (C=O) groups is 1. The van der Waals surface area contributed by atoms with Gasteiger partial charge in [0.1, 0.15) is 5.56 Å². The van der Waals surface area contributed by atoms with Crippen LogP contribution in [0.4, 0.5) is 24.9 Å². The van der Waals surface area contributed by atoms with Crippen LogP contribution >= 0.6 is 0 Å². The second-order valence-electron chi connectivity index (χ2n) is 8.80. The Kier molecular flexibility index (Phi) is 7.08. The van der Waals surface area contributed by atoms with Crippen molar-refractivity contribution in [2.45, 2.75) is 19.5 Å². The molecule has 0 bridgehead atoms. The average Bonchev–Trinajstić information content (AvgIpc) is 2.93. The summed E-state index contributed by atoms with van der Waals surface area (Å²) < 4.78 is 45.7. The summed E-state index contributed by atoms with van der Waals surface area (Å²) in [6.45, 7) is 3.19. The first-order valence-electron chi connectivity index (χ1n) is 12.2. The Morgan fingerprint density at radius 2 is 1.58 bits per heavy atom. The molecule has 0 saturated carbocycles. The molecular weight excluding hydrogens is 497 g/mol. The molecule has 2 aromatic heterocycles. The minimum atomic E-state index is -4.82. The zero-order chi connectivity index (χ0) is 26.7. The lowest BCUT2D eigenvalue weighted by atomic mass is 10.0. The molecule has 0 N–H and O–H groups in total. The van der Waals surface area contributed by atoms with E-state index in [1.165, 1.54) is 6.92 Å². The Balaban J connectivity index is 1.36. The van der Waals surface area contributed by atoms with E-state index in [0.29, 0.717) is 32.6 Å². The van der Waals surface area contributed by atoms with E-state index in [4.69, 9.17) is 4.74 Å². The van der Waals surface area contributed by atoms with Crippen LogP contribution in [0.25, 0.3) is 10.8 Å². The van der Waals surface area contributed by atoms with Gasteiger partial charge in [-0.25, -0.2) is 14.8 Å². The summed E-state index contributed by atoms with van der Waals surface area (Å²) in [5.41, 5.74) is 0.0257. The zero-order valence-electron chi connectivity index (χ0n) is 20.6. The number of aromatic nitrogens is 4. The number of hydrogen-bond acceptors (Lipinski definition) is 8. The lowest BCUT2D eigenvalue weighted by Gasteiger charge is -2.35. The van der Waals surface area contributed by atoms with Crippen molar-refractivity contribution >= 4 is 28.5 Å². The first-order chi connectivity index (χ1) is 18.3. The predicted molar refractivity (Wildman–Crippen MR) is 136 cm³/mol. The lowest BCUT2D eigenvalue weighted by Crippen LogP contribution is -2.47. The molecule has 1 saturated heterocycles. The van der Waals surface area contributed by atoms with Crippen LogP contribution in [0.1, 0.15) is 34.2 Å². The summed E-state index contributed by atoms with van der Waals surface area (Å²) in [5, 5.41) is 11.1. The van der Waals surface area contributed by atoms with Crippen molar-refractivity contribution < 1.29 is 22.7 Å². The van der Waals surface area contributed by atoms with Gasteiger partial charge in [0.15, 0.2) is 11.5 Å². The largest absolute Gasteiger partial charge is 0.462 e. The van der Waals surface area contributed by atoms with Crippen LogP contribution in [-0.2, 0) is 17.3 Å². The molecule has 1 aliphatic rings. The fraction of sp³-hybridized carbons (Fsp3) is 0.296. The molecule has 0 radical (unpaired) electrons. The van der Waals surface area contributed by atoms with Crippen molar-refractivity contribution in [3.8, 4) is 0 Å². The van der Waals surface area contributed by atoms with Gasteiger partial charge in [-0.1, -0.05) is 54.6 Å². The van der Waals surface area contributed by atoms with Gasteiger partial charge < -0.3 is 14.5 Å². The maximum absolute atomic E-state index is 13.7. The summed E-state index contributed by atoms with van der Waals surface area (Å²) in [6, 6.07) is 18.0. The molecule has 0 atom stereocenters. The zero-order valence-corrected chi connectivity index (χ0v) is 20.6. The number of fused-ring (bicyclic) bond motifs is 1. The Morgan fingerprint density at radius 3 is 2.26 bits per heavy atom. The fourth-order valence-corrected chi connectivity index (χ4v) is 4.52. The van der Waals surface area contributed by atoms with Gasteiger partial charge in [-0.05, 0) is 12.5 Å². The normalized spacial score (nSPS) is 14.1. The first kappa shape index (κ1) is 25.4. The summed E-state index contributed by atoms with van der Waals surface area (Å²) >= 11 is 0. The highest BCUT2D eigenvalue weighted by molar-refractivity contribution is 5.93. The van der Waals surface area contributed by atoms with E-state index >= 15 is 0 Å². The van der Waals surface area contributed by atoms with Gasteiger partial charge in [0.05, 0.1) is 12.3 Å². The molecule has 196 valence electrons. The number of benzene rings is 2. The maximum atomic E-state index is 13.7. The van der Waals surface area contributed by atoms with E-state index < -0.39 is 23.4 Å². The standard InChI is InChI=1S/C27H25F3N6O2/c1-2-38-25(37)21-17-31-26(32-23(21)27(28,29)30)36-14-12-35(13-15-36)24-20-11-7-6-10-19(20)22(33-34-24)16-18-8-4-3-5-9-18/h3-11,17H,2,12-16H2,1H3. The van der Waals surface area contributed by atoms with E-state index in [9.17, 15) is 18.0 Å². The highest BCUT2D eigenvalue weighted by atomic mass is 19.4. The number of anilines is 2. The molecule has 5 rings (SSSR count). The average molecular weight is 523 g/mol. The third kappa shape index (κ3) is 5.22. The van der Waals surface area contributed by atoms with Crippen LogP contribution in [0, 0.1) is 0 Å². The molecule has 0 amide bonds. The molecular formula is C27H25F3N6O2. The number of piperazine rings is 1.